The first-order chi connectivity index (χ1) is 14.0. The molecule has 3 aromatic carbocycles. The first kappa shape index (κ1) is 20.9. The molecule has 0 saturated carbocycles. The first-order valence-corrected chi connectivity index (χ1v) is 9.75. The number of anilines is 1. The van der Waals surface area contributed by atoms with Crippen LogP contribution in [0.4, 0.5) is 5.69 Å². The average Bonchev–Trinajstić information content (AvgIpc) is 2.74. The molecule has 148 valence electrons. The van der Waals surface area contributed by atoms with Gasteiger partial charge in [0.05, 0.1) is 28.4 Å². The fourth-order valence-corrected chi connectivity index (χ4v) is 3.23. The van der Waals surface area contributed by atoms with Crippen molar-refractivity contribution in [1.29, 1.82) is 0 Å². The van der Waals surface area contributed by atoms with Crippen LogP contribution in [-0.2, 0) is 16.0 Å². The summed E-state index contributed by atoms with van der Waals surface area (Å²) in [5.41, 5.74) is 3.49. The summed E-state index contributed by atoms with van der Waals surface area (Å²) in [7, 11) is 1.31. The molecule has 0 spiro atoms. The second-order valence-electron chi connectivity index (χ2n) is 6.41. The van der Waals surface area contributed by atoms with Crippen molar-refractivity contribution >= 4 is 40.8 Å². The number of carbonyl (C=O) groups is 2. The molecule has 6 heteroatoms. The zero-order valence-corrected chi connectivity index (χ0v) is 17.3. The molecule has 0 heterocycles. The average molecular weight is 428 g/mol. The third-order valence-corrected chi connectivity index (χ3v) is 5.17. The topological polar surface area (TPSA) is 55.4 Å². The number of amides is 1. The Morgan fingerprint density at radius 1 is 0.897 bits per heavy atom. The molecule has 0 aliphatic heterocycles. The molecule has 0 unspecified atom stereocenters. The summed E-state index contributed by atoms with van der Waals surface area (Å²) in [6.07, 6.45) is 0.725. The minimum absolute atomic E-state index is 0.216. The number of ether oxygens (including phenoxy) is 1. The number of hydrogen-bond acceptors (Lipinski definition) is 3. The van der Waals surface area contributed by atoms with Crippen LogP contribution in [0.25, 0.3) is 11.1 Å². The SMILES string of the molecule is COC(=O)c1ccc(-c2ccccc2)cc1NC(=O)CCc1ccc(Cl)c(Cl)c1. The van der Waals surface area contributed by atoms with Crippen LogP contribution < -0.4 is 5.32 Å². The summed E-state index contributed by atoms with van der Waals surface area (Å²) >= 11 is 11.9. The molecule has 0 bridgehead atoms. The van der Waals surface area contributed by atoms with Crippen molar-refractivity contribution in [1.82, 2.24) is 0 Å². The maximum absolute atomic E-state index is 12.5. The molecule has 0 aliphatic carbocycles. The zero-order chi connectivity index (χ0) is 20.8. The molecule has 0 fully saturated rings. The molecule has 3 aromatic rings. The molecule has 0 aromatic heterocycles. The Bertz CT molecular complexity index is 1040. The fourth-order valence-electron chi connectivity index (χ4n) is 2.91. The van der Waals surface area contributed by atoms with Crippen LogP contribution in [0.15, 0.2) is 66.7 Å². The number of carbonyl (C=O) groups excluding carboxylic acids is 2. The highest BCUT2D eigenvalue weighted by molar-refractivity contribution is 6.42. The lowest BCUT2D eigenvalue weighted by Crippen LogP contribution is -2.16. The molecule has 1 N–H and O–H groups in total. The number of methoxy groups -OCH3 is 1. The lowest BCUT2D eigenvalue weighted by molar-refractivity contribution is -0.116. The van der Waals surface area contributed by atoms with E-state index in [-0.39, 0.29) is 12.3 Å². The molecule has 4 nitrogen and oxygen atoms in total. The number of aryl methyl sites for hydroxylation is 1. The van der Waals surface area contributed by atoms with Crippen LogP contribution in [-0.4, -0.2) is 19.0 Å². The van der Waals surface area contributed by atoms with E-state index in [0.717, 1.165) is 16.7 Å². The van der Waals surface area contributed by atoms with Gasteiger partial charge in [-0.3, -0.25) is 4.79 Å². The van der Waals surface area contributed by atoms with E-state index in [4.69, 9.17) is 27.9 Å². The predicted octanol–water partition coefficient (Wildman–Crippen LogP) is 6.02. The van der Waals surface area contributed by atoms with Crippen LogP contribution in [0.1, 0.15) is 22.3 Å². The van der Waals surface area contributed by atoms with Gasteiger partial charge in [-0.05, 0) is 47.4 Å². The van der Waals surface area contributed by atoms with Crippen LogP contribution in [0.5, 0.6) is 0 Å². The van der Waals surface area contributed by atoms with Gasteiger partial charge < -0.3 is 10.1 Å². The molecule has 29 heavy (non-hydrogen) atoms. The molecule has 1 amide bonds. The standard InChI is InChI=1S/C23H19Cl2NO3/c1-29-23(28)18-10-9-17(16-5-3-2-4-6-16)14-21(18)26-22(27)12-8-15-7-11-19(24)20(25)13-15/h2-7,9-11,13-14H,8,12H2,1H3,(H,26,27). The van der Waals surface area contributed by atoms with Crippen LogP contribution in [0, 0.1) is 0 Å². The van der Waals surface area contributed by atoms with Crippen LogP contribution >= 0.6 is 23.2 Å². The van der Waals surface area contributed by atoms with Crippen molar-refractivity contribution in [2.45, 2.75) is 12.8 Å². The number of halogens is 2. The Labute approximate surface area is 179 Å². The van der Waals surface area contributed by atoms with Crippen LogP contribution in [0.3, 0.4) is 0 Å². The van der Waals surface area contributed by atoms with E-state index in [0.29, 0.717) is 27.7 Å². The lowest BCUT2D eigenvalue weighted by Gasteiger charge is -2.12. The quantitative estimate of drug-likeness (QED) is 0.489. The molecule has 0 radical (unpaired) electrons. The fraction of sp³-hybridized carbons (Fsp3) is 0.130. The van der Waals surface area contributed by atoms with E-state index in [9.17, 15) is 9.59 Å². The summed E-state index contributed by atoms with van der Waals surface area (Å²) in [5.74, 6) is -0.726. The second-order valence-corrected chi connectivity index (χ2v) is 7.23. The highest BCUT2D eigenvalue weighted by Crippen LogP contribution is 2.27. The van der Waals surface area contributed by atoms with Crippen molar-refractivity contribution in [2.24, 2.45) is 0 Å². The second kappa shape index (κ2) is 9.59. The minimum atomic E-state index is -0.510. The minimum Gasteiger partial charge on any atom is -0.465 e. The van der Waals surface area contributed by atoms with Crippen molar-refractivity contribution in [3.05, 3.63) is 87.9 Å². The number of hydrogen-bond donors (Lipinski definition) is 1. The first-order valence-electron chi connectivity index (χ1n) is 8.99. The third-order valence-electron chi connectivity index (χ3n) is 4.43. The largest absolute Gasteiger partial charge is 0.465 e. The number of benzene rings is 3. The Hall–Kier alpha value is -2.82. The number of nitrogens with one attached hydrogen (secondary N) is 1. The summed E-state index contributed by atoms with van der Waals surface area (Å²) in [5, 5.41) is 3.76. The van der Waals surface area contributed by atoms with E-state index in [1.807, 2.05) is 42.5 Å². The molecular weight excluding hydrogens is 409 g/mol. The maximum atomic E-state index is 12.5. The van der Waals surface area contributed by atoms with Gasteiger partial charge in [0.25, 0.3) is 0 Å². The van der Waals surface area contributed by atoms with Gasteiger partial charge >= 0.3 is 5.97 Å². The predicted molar refractivity (Wildman–Crippen MR) is 117 cm³/mol. The Kier molecular flexibility index (Phi) is 6.91. The molecule has 0 aliphatic rings. The van der Waals surface area contributed by atoms with Crippen LogP contribution in [0.2, 0.25) is 10.0 Å². The molecule has 3 rings (SSSR count). The normalized spacial score (nSPS) is 10.4. The Morgan fingerprint density at radius 3 is 2.34 bits per heavy atom. The molecular formula is C23H19Cl2NO3. The smallest absolute Gasteiger partial charge is 0.339 e. The van der Waals surface area contributed by atoms with Crippen molar-refractivity contribution < 1.29 is 14.3 Å². The number of rotatable bonds is 6. The van der Waals surface area contributed by atoms with Crippen molar-refractivity contribution in [3.63, 3.8) is 0 Å². The third kappa shape index (κ3) is 5.37. The van der Waals surface area contributed by atoms with Gasteiger partial charge in [-0.15, -0.1) is 0 Å². The number of esters is 1. The maximum Gasteiger partial charge on any atom is 0.339 e. The van der Waals surface area contributed by atoms with E-state index in [1.54, 1.807) is 24.3 Å². The highest BCUT2D eigenvalue weighted by atomic mass is 35.5. The van der Waals surface area contributed by atoms with Gasteiger partial charge in [0.2, 0.25) is 5.91 Å². The van der Waals surface area contributed by atoms with Crippen molar-refractivity contribution in [2.75, 3.05) is 12.4 Å². The van der Waals surface area contributed by atoms with Gasteiger partial charge in [-0.2, -0.15) is 0 Å². The highest BCUT2D eigenvalue weighted by Gasteiger charge is 2.15. The van der Waals surface area contributed by atoms with E-state index in [2.05, 4.69) is 5.32 Å². The van der Waals surface area contributed by atoms with E-state index in [1.165, 1.54) is 7.11 Å². The van der Waals surface area contributed by atoms with Gasteiger partial charge in [0, 0.05) is 6.42 Å². The molecule has 0 atom stereocenters. The summed E-state index contributed by atoms with van der Waals surface area (Å²) < 4.78 is 4.84. The van der Waals surface area contributed by atoms with Gasteiger partial charge in [0.1, 0.15) is 0 Å². The summed E-state index contributed by atoms with van der Waals surface area (Å²) in [4.78, 5) is 24.6. The Morgan fingerprint density at radius 2 is 1.66 bits per heavy atom. The van der Waals surface area contributed by atoms with Gasteiger partial charge in [0.15, 0.2) is 0 Å². The summed E-state index contributed by atoms with van der Waals surface area (Å²) in [6.45, 7) is 0. The van der Waals surface area contributed by atoms with Gasteiger partial charge in [-0.1, -0.05) is 65.7 Å². The Balaban J connectivity index is 1.78. The van der Waals surface area contributed by atoms with Crippen molar-refractivity contribution in [3.8, 4) is 11.1 Å². The van der Waals surface area contributed by atoms with E-state index >= 15 is 0 Å². The van der Waals surface area contributed by atoms with Gasteiger partial charge in [-0.25, -0.2) is 4.79 Å². The van der Waals surface area contributed by atoms with E-state index < -0.39 is 5.97 Å². The lowest BCUT2D eigenvalue weighted by atomic mass is 10.0. The summed E-state index contributed by atoms with van der Waals surface area (Å²) in [6, 6.07) is 20.2. The molecule has 0 saturated heterocycles. The monoisotopic (exact) mass is 427 g/mol. The zero-order valence-electron chi connectivity index (χ0n) is 15.7.